The van der Waals surface area contributed by atoms with Gasteiger partial charge in [0.2, 0.25) is 0 Å². The highest BCUT2D eigenvalue weighted by molar-refractivity contribution is 4.50. The van der Waals surface area contributed by atoms with Gasteiger partial charge in [0.1, 0.15) is 0 Å². The average molecular weight is 329 g/mol. The summed E-state index contributed by atoms with van der Waals surface area (Å²) in [6.07, 6.45) is 23.3. The minimum atomic E-state index is 1.26. The van der Waals surface area contributed by atoms with Gasteiger partial charge in [0.25, 0.3) is 0 Å². The molecule has 0 aromatic heterocycles. The molecule has 0 aromatic carbocycles. The first-order valence-corrected chi connectivity index (χ1v) is 10.5. The molecule has 2 nitrogen and oxygen atoms in total. The molecule has 0 amide bonds. The van der Waals surface area contributed by atoms with Crippen LogP contribution < -0.4 is 5.73 Å². The highest BCUT2D eigenvalue weighted by Crippen LogP contribution is 2.13. The van der Waals surface area contributed by atoms with Crippen LogP contribution in [-0.2, 0) is 0 Å². The fourth-order valence-electron chi connectivity index (χ4n) is 2.98. The maximum Gasteiger partial charge on any atom is -0.00248 e. The molecular formula is C21H48N2. The zero-order valence-corrected chi connectivity index (χ0v) is 17.0. The van der Waals surface area contributed by atoms with Crippen LogP contribution in [0, 0.1) is 0 Å². The van der Waals surface area contributed by atoms with Gasteiger partial charge in [-0.1, -0.05) is 103 Å². The molecule has 0 unspecified atom stereocenters. The van der Waals surface area contributed by atoms with Gasteiger partial charge in [-0.05, 0) is 34.1 Å². The summed E-state index contributed by atoms with van der Waals surface area (Å²) >= 11 is 0. The Morgan fingerprint density at radius 1 is 0.478 bits per heavy atom. The van der Waals surface area contributed by atoms with E-state index in [0.717, 1.165) is 0 Å². The monoisotopic (exact) mass is 328 g/mol. The number of unbranched alkanes of at least 4 members (excludes halogenated alkanes) is 15. The van der Waals surface area contributed by atoms with Crippen molar-refractivity contribution in [1.29, 1.82) is 0 Å². The summed E-state index contributed by atoms with van der Waals surface area (Å²) in [6, 6.07) is 0. The standard InChI is InChI=1S/C20H43N.CH5N/c1-4-5-6-7-8-9-10-11-12-13-14-15-16-17-18-19-20-21(2)3;1-2/h4-20H2,1-3H3;2H2,1H3. The molecule has 2 N–H and O–H groups in total. The molecule has 0 spiro atoms. The van der Waals surface area contributed by atoms with Crippen LogP contribution >= 0.6 is 0 Å². The maximum absolute atomic E-state index is 4.50. The predicted molar refractivity (Wildman–Crippen MR) is 108 cm³/mol. The van der Waals surface area contributed by atoms with Crippen LogP contribution in [0.4, 0.5) is 0 Å². The van der Waals surface area contributed by atoms with Gasteiger partial charge in [0.15, 0.2) is 0 Å². The minimum Gasteiger partial charge on any atom is -0.333 e. The van der Waals surface area contributed by atoms with Gasteiger partial charge in [0.05, 0.1) is 0 Å². The fourth-order valence-corrected chi connectivity index (χ4v) is 2.98. The second-order valence-corrected chi connectivity index (χ2v) is 7.11. The largest absolute Gasteiger partial charge is 0.333 e. The fraction of sp³-hybridized carbons (Fsp3) is 1.00. The lowest BCUT2D eigenvalue weighted by Crippen LogP contribution is -2.12. The Balaban J connectivity index is 0. The van der Waals surface area contributed by atoms with Crippen molar-refractivity contribution in [2.75, 3.05) is 27.7 Å². The second-order valence-electron chi connectivity index (χ2n) is 7.11. The second kappa shape index (κ2) is 24.2. The van der Waals surface area contributed by atoms with Crippen molar-refractivity contribution in [3.05, 3.63) is 0 Å². The third-order valence-corrected chi connectivity index (χ3v) is 4.46. The minimum absolute atomic E-state index is 1.26. The van der Waals surface area contributed by atoms with E-state index in [9.17, 15) is 0 Å². The SMILES string of the molecule is CCCCCCCCCCCCCCCCCCN(C)C.CN. The lowest BCUT2D eigenvalue weighted by atomic mass is 10.0. The van der Waals surface area contributed by atoms with Crippen LogP contribution in [0.25, 0.3) is 0 Å². The maximum atomic E-state index is 4.50. The van der Waals surface area contributed by atoms with E-state index in [1.54, 1.807) is 0 Å². The van der Waals surface area contributed by atoms with Gasteiger partial charge in [-0.25, -0.2) is 0 Å². The molecule has 0 fully saturated rings. The van der Waals surface area contributed by atoms with E-state index in [0.29, 0.717) is 0 Å². The molecule has 0 atom stereocenters. The number of rotatable bonds is 17. The van der Waals surface area contributed by atoms with E-state index in [4.69, 9.17) is 0 Å². The average Bonchev–Trinajstić information content (AvgIpc) is 2.56. The van der Waals surface area contributed by atoms with Crippen molar-refractivity contribution in [2.45, 2.75) is 110 Å². The van der Waals surface area contributed by atoms with E-state index < -0.39 is 0 Å². The van der Waals surface area contributed by atoms with Crippen molar-refractivity contribution >= 4 is 0 Å². The topological polar surface area (TPSA) is 29.3 Å². The van der Waals surface area contributed by atoms with Crippen LogP contribution in [-0.4, -0.2) is 32.6 Å². The predicted octanol–water partition coefficient (Wildman–Crippen LogP) is 6.38. The Morgan fingerprint density at radius 3 is 1.00 bits per heavy atom. The normalized spacial score (nSPS) is 10.7. The van der Waals surface area contributed by atoms with Gasteiger partial charge >= 0.3 is 0 Å². The van der Waals surface area contributed by atoms with Gasteiger partial charge < -0.3 is 10.6 Å². The summed E-state index contributed by atoms with van der Waals surface area (Å²) in [5.41, 5.74) is 4.50. The molecule has 0 aromatic rings. The van der Waals surface area contributed by atoms with Crippen LogP contribution in [0.2, 0.25) is 0 Å². The van der Waals surface area contributed by atoms with E-state index in [1.165, 1.54) is 116 Å². The molecule has 0 aliphatic rings. The van der Waals surface area contributed by atoms with E-state index >= 15 is 0 Å². The summed E-state index contributed by atoms with van der Waals surface area (Å²) in [5.74, 6) is 0. The van der Waals surface area contributed by atoms with E-state index in [1.807, 2.05) is 0 Å². The smallest absolute Gasteiger partial charge is 0.00248 e. The third-order valence-electron chi connectivity index (χ3n) is 4.46. The molecular weight excluding hydrogens is 280 g/mol. The van der Waals surface area contributed by atoms with Crippen molar-refractivity contribution in [3.8, 4) is 0 Å². The number of nitrogens with zero attached hydrogens (tertiary/aromatic N) is 1. The summed E-state index contributed by atoms with van der Waals surface area (Å²) in [6.45, 7) is 3.56. The molecule has 23 heavy (non-hydrogen) atoms. The quantitative estimate of drug-likeness (QED) is 0.314. The lowest BCUT2D eigenvalue weighted by molar-refractivity contribution is 0.389. The first kappa shape index (κ1) is 25.2. The number of nitrogens with two attached hydrogens (primary N) is 1. The molecule has 0 saturated carbocycles. The molecule has 0 aliphatic carbocycles. The lowest BCUT2D eigenvalue weighted by Gasteiger charge is -2.08. The van der Waals surface area contributed by atoms with Crippen LogP contribution in [0.3, 0.4) is 0 Å². The van der Waals surface area contributed by atoms with Crippen LogP contribution in [0.5, 0.6) is 0 Å². The summed E-state index contributed by atoms with van der Waals surface area (Å²) in [4.78, 5) is 2.30. The Hall–Kier alpha value is -0.0800. The Morgan fingerprint density at radius 2 is 0.739 bits per heavy atom. The van der Waals surface area contributed by atoms with Crippen molar-refractivity contribution < 1.29 is 0 Å². The van der Waals surface area contributed by atoms with E-state index in [-0.39, 0.29) is 0 Å². The number of hydrogen-bond donors (Lipinski definition) is 1. The molecule has 2 heteroatoms. The van der Waals surface area contributed by atoms with Crippen molar-refractivity contribution in [1.82, 2.24) is 4.90 Å². The molecule has 0 heterocycles. The van der Waals surface area contributed by atoms with Gasteiger partial charge in [-0.2, -0.15) is 0 Å². The van der Waals surface area contributed by atoms with Crippen molar-refractivity contribution in [2.24, 2.45) is 5.73 Å². The zero-order valence-electron chi connectivity index (χ0n) is 17.0. The Kier molecular flexibility index (Phi) is 26.5. The van der Waals surface area contributed by atoms with Crippen LogP contribution in [0.15, 0.2) is 0 Å². The third kappa shape index (κ3) is 27.1. The first-order valence-electron chi connectivity index (χ1n) is 10.5. The molecule has 0 saturated heterocycles. The summed E-state index contributed by atoms with van der Waals surface area (Å²) in [5, 5.41) is 0. The number of hydrogen-bond acceptors (Lipinski definition) is 2. The molecule has 142 valence electrons. The highest BCUT2D eigenvalue weighted by Gasteiger charge is 1.95. The van der Waals surface area contributed by atoms with E-state index in [2.05, 4.69) is 31.7 Å². The summed E-state index contributed by atoms with van der Waals surface area (Å²) in [7, 11) is 5.84. The van der Waals surface area contributed by atoms with Gasteiger partial charge in [-0.15, -0.1) is 0 Å². The molecule has 0 radical (unpaired) electrons. The molecule has 0 bridgehead atoms. The van der Waals surface area contributed by atoms with Gasteiger partial charge in [0, 0.05) is 0 Å². The van der Waals surface area contributed by atoms with Gasteiger partial charge in [-0.3, -0.25) is 0 Å². The molecule has 0 aliphatic heterocycles. The Labute approximate surface area is 148 Å². The van der Waals surface area contributed by atoms with Crippen molar-refractivity contribution in [3.63, 3.8) is 0 Å². The Bertz CT molecular complexity index is 181. The zero-order chi connectivity index (χ0) is 17.6. The summed E-state index contributed by atoms with van der Waals surface area (Å²) < 4.78 is 0. The molecule has 0 rings (SSSR count). The van der Waals surface area contributed by atoms with Crippen LogP contribution in [0.1, 0.15) is 110 Å². The highest BCUT2D eigenvalue weighted by atomic mass is 15.0. The first-order chi connectivity index (χ1) is 11.3.